The molecule has 0 saturated heterocycles. The van der Waals surface area contributed by atoms with Crippen LogP contribution in [0.1, 0.15) is 0 Å². The lowest BCUT2D eigenvalue weighted by Gasteiger charge is -2.11. The van der Waals surface area contributed by atoms with E-state index in [1.165, 1.54) is 11.1 Å². The number of nitrogens with zero attached hydrogens (tertiary/aromatic N) is 5. The summed E-state index contributed by atoms with van der Waals surface area (Å²) in [5.74, 6) is 1.74. The second-order valence-corrected chi connectivity index (χ2v) is 12.4. The van der Waals surface area contributed by atoms with Gasteiger partial charge in [-0.1, -0.05) is 152 Å². The summed E-state index contributed by atoms with van der Waals surface area (Å²) in [6.45, 7) is 7.27. The van der Waals surface area contributed by atoms with Gasteiger partial charge in [-0.05, 0) is 57.6 Å². The van der Waals surface area contributed by atoms with Crippen LogP contribution in [-0.4, -0.2) is 19.5 Å². The summed E-state index contributed by atoms with van der Waals surface area (Å²) in [6, 6.07) is 60.2. The number of rotatable bonds is 6. The van der Waals surface area contributed by atoms with Crippen molar-refractivity contribution in [1.29, 1.82) is 0 Å². The smallest absolute Gasteiger partial charge is 0.238 e. The molecule has 0 bridgehead atoms. The Labute approximate surface area is 295 Å². The molecule has 0 spiro atoms. The number of aromatic nitrogens is 4. The lowest BCUT2D eigenvalue weighted by molar-refractivity contribution is 0.953. The van der Waals surface area contributed by atoms with Crippen molar-refractivity contribution >= 4 is 27.5 Å². The predicted octanol–water partition coefficient (Wildman–Crippen LogP) is 11.9. The van der Waals surface area contributed by atoms with Gasteiger partial charge in [-0.2, -0.15) is 9.97 Å². The number of hydrogen-bond acceptors (Lipinski definition) is 3. The first-order valence-corrected chi connectivity index (χ1v) is 16.8. The third kappa shape index (κ3) is 5.61. The molecular weight excluding hydrogens is 623 g/mol. The van der Waals surface area contributed by atoms with Gasteiger partial charge in [-0.15, -0.1) is 0 Å². The Morgan fingerprint density at radius 2 is 0.745 bits per heavy atom. The van der Waals surface area contributed by atoms with Crippen LogP contribution < -0.4 is 0 Å². The summed E-state index contributed by atoms with van der Waals surface area (Å²) < 4.78 is 2.17. The number of benzene rings is 7. The Balaban J connectivity index is 1.25. The Kier molecular flexibility index (Phi) is 7.46. The van der Waals surface area contributed by atoms with Crippen molar-refractivity contribution in [3.05, 3.63) is 187 Å². The van der Waals surface area contributed by atoms with Crippen LogP contribution in [0.3, 0.4) is 0 Å². The molecule has 0 aliphatic carbocycles. The van der Waals surface area contributed by atoms with Crippen LogP contribution in [0.15, 0.2) is 176 Å². The van der Waals surface area contributed by atoms with Crippen molar-refractivity contribution in [3.63, 3.8) is 0 Å². The molecule has 51 heavy (non-hydrogen) atoms. The van der Waals surface area contributed by atoms with Gasteiger partial charge in [0.15, 0.2) is 17.3 Å². The van der Waals surface area contributed by atoms with Gasteiger partial charge >= 0.3 is 0 Å². The largest absolute Gasteiger partial charge is 0.278 e. The topological polar surface area (TPSA) is 48.0 Å². The molecule has 0 fully saturated rings. The fourth-order valence-corrected chi connectivity index (χ4v) is 6.71. The minimum Gasteiger partial charge on any atom is -0.278 e. The lowest BCUT2D eigenvalue weighted by atomic mass is 10.0. The molecule has 238 valence electrons. The number of hydrogen-bond donors (Lipinski definition) is 0. The summed E-state index contributed by atoms with van der Waals surface area (Å²) in [6.07, 6.45) is 0. The highest BCUT2D eigenvalue weighted by atomic mass is 15.2. The Morgan fingerprint density at radius 1 is 0.373 bits per heavy atom. The third-order valence-electron chi connectivity index (χ3n) is 9.31. The van der Waals surface area contributed by atoms with E-state index in [1.807, 2.05) is 66.7 Å². The molecule has 0 amide bonds. The summed E-state index contributed by atoms with van der Waals surface area (Å²) in [5.41, 5.74) is 11.2. The fourth-order valence-electron chi connectivity index (χ4n) is 6.71. The van der Waals surface area contributed by atoms with Gasteiger partial charge in [0.05, 0.1) is 17.6 Å². The molecular formula is C46H29N5. The van der Waals surface area contributed by atoms with E-state index in [0.29, 0.717) is 23.3 Å². The second kappa shape index (κ2) is 12.7. The molecule has 0 radical (unpaired) electrons. The predicted molar refractivity (Wildman–Crippen MR) is 208 cm³/mol. The first kappa shape index (κ1) is 29.9. The van der Waals surface area contributed by atoms with E-state index in [9.17, 15) is 0 Å². The van der Waals surface area contributed by atoms with Crippen molar-refractivity contribution in [1.82, 2.24) is 19.5 Å². The highest BCUT2D eigenvalue weighted by Crippen LogP contribution is 2.37. The maximum Gasteiger partial charge on any atom is 0.238 e. The fraction of sp³-hybridized carbons (Fsp3) is 0. The molecule has 7 aromatic carbocycles. The van der Waals surface area contributed by atoms with E-state index in [4.69, 9.17) is 21.5 Å². The average molecular weight is 652 g/mol. The van der Waals surface area contributed by atoms with Crippen LogP contribution in [0.25, 0.3) is 88.8 Å². The monoisotopic (exact) mass is 651 g/mol. The molecule has 2 heterocycles. The van der Waals surface area contributed by atoms with Crippen LogP contribution in [0.5, 0.6) is 0 Å². The van der Waals surface area contributed by atoms with Crippen molar-refractivity contribution < 1.29 is 0 Å². The minimum atomic E-state index is 0.553. The molecule has 0 N–H and O–H groups in total. The average Bonchev–Trinajstić information content (AvgIpc) is 3.55. The van der Waals surface area contributed by atoms with E-state index in [2.05, 4.69) is 119 Å². The van der Waals surface area contributed by atoms with Crippen molar-refractivity contribution in [2.75, 3.05) is 0 Å². The molecule has 0 aliphatic rings. The Morgan fingerprint density at radius 3 is 1.22 bits per heavy atom. The minimum absolute atomic E-state index is 0.553. The van der Waals surface area contributed by atoms with Gasteiger partial charge in [0.2, 0.25) is 5.95 Å². The van der Waals surface area contributed by atoms with Crippen LogP contribution >= 0.6 is 0 Å². The van der Waals surface area contributed by atoms with Crippen LogP contribution in [0.2, 0.25) is 0 Å². The quantitative estimate of drug-likeness (QED) is 0.168. The van der Waals surface area contributed by atoms with Gasteiger partial charge in [0.25, 0.3) is 0 Å². The zero-order valence-corrected chi connectivity index (χ0v) is 27.5. The SMILES string of the molecule is [C-]#[N+]c1ccc(-c2ccc(-c3nc(-c4ccccc4)nc(-n4c5ccc(-c6ccccc6)cc5c5cc(-c6ccccc6)ccc54)n3)cc2)cc1. The molecule has 0 atom stereocenters. The molecule has 0 unspecified atom stereocenters. The maximum absolute atomic E-state index is 7.27. The second-order valence-electron chi connectivity index (χ2n) is 12.4. The van der Waals surface area contributed by atoms with Gasteiger partial charge in [-0.25, -0.2) is 9.83 Å². The molecule has 0 saturated carbocycles. The molecule has 2 aromatic heterocycles. The van der Waals surface area contributed by atoms with Gasteiger partial charge in [0.1, 0.15) is 0 Å². The van der Waals surface area contributed by atoms with Crippen LogP contribution in [0.4, 0.5) is 5.69 Å². The summed E-state index contributed by atoms with van der Waals surface area (Å²) in [5, 5.41) is 2.25. The molecule has 5 heteroatoms. The third-order valence-corrected chi connectivity index (χ3v) is 9.31. The highest BCUT2D eigenvalue weighted by Gasteiger charge is 2.19. The summed E-state index contributed by atoms with van der Waals surface area (Å²) >= 11 is 0. The standard InChI is InChI=1S/C46H29N5/c1-47-39-25-21-34(22-26-39)33-17-19-36(20-18-33)45-48-44(35-15-9-4-10-16-35)49-46(50-45)51-42-27-23-37(31-11-5-2-6-12-31)29-40(42)41-30-38(24-28-43(41)51)32-13-7-3-8-14-32/h2-30H. The van der Waals surface area contributed by atoms with Crippen molar-refractivity contribution in [3.8, 4) is 62.1 Å². The van der Waals surface area contributed by atoms with Gasteiger partial charge in [0, 0.05) is 21.9 Å². The first-order chi connectivity index (χ1) is 25.2. The molecule has 0 aliphatic heterocycles. The van der Waals surface area contributed by atoms with Crippen molar-refractivity contribution in [2.24, 2.45) is 0 Å². The lowest BCUT2D eigenvalue weighted by Crippen LogP contribution is -2.06. The van der Waals surface area contributed by atoms with Crippen LogP contribution in [0, 0.1) is 6.57 Å². The normalized spacial score (nSPS) is 11.1. The van der Waals surface area contributed by atoms with E-state index in [1.54, 1.807) is 0 Å². The first-order valence-electron chi connectivity index (χ1n) is 16.8. The Hall–Kier alpha value is -7.16. The summed E-state index contributed by atoms with van der Waals surface area (Å²) in [7, 11) is 0. The Bertz CT molecular complexity index is 2610. The van der Waals surface area contributed by atoms with Gasteiger partial charge in [-0.3, -0.25) is 4.57 Å². The zero-order valence-electron chi connectivity index (χ0n) is 27.5. The van der Waals surface area contributed by atoms with Crippen LogP contribution in [-0.2, 0) is 0 Å². The molecule has 9 aromatic rings. The highest BCUT2D eigenvalue weighted by molar-refractivity contribution is 6.11. The zero-order chi connectivity index (χ0) is 34.1. The van der Waals surface area contributed by atoms with Crippen molar-refractivity contribution in [2.45, 2.75) is 0 Å². The summed E-state index contributed by atoms with van der Waals surface area (Å²) in [4.78, 5) is 18.8. The number of fused-ring (bicyclic) bond motifs is 3. The maximum atomic E-state index is 7.27. The van der Waals surface area contributed by atoms with E-state index in [0.717, 1.165) is 55.2 Å². The molecule has 5 nitrogen and oxygen atoms in total. The van der Waals surface area contributed by atoms with Gasteiger partial charge < -0.3 is 0 Å². The van der Waals surface area contributed by atoms with E-state index < -0.39 is 0 Å². The molecule has 9 rings (SSSR count). The van der Waals surface area contributed by atoms with E-state index >= 15 is 0 Å². The van der Waals surface area contributed by atoms with E-state index in [-0.39, 0.29) is 0 Å².